The Morgan fingerprint density at radius 2 is 2.12 bits per heavy atom. The van der Waals surface area contributed by atoms with Crippen LogP contribution in [0.25, 0.3) is 22.7 Å². The first-order valence-corrected chi connectivity index (χ1v) is 4.72. The Morgan fingerprint density at radius 1 is 1.29 bits per heavy atom. The second kappa shape index (κ2) is 3.14. The highest BCUT2D eigenvalue weighted by Crippen LogP contribution is 2.13. The van der Waals surface area contributed by atoms with Crippen LogP contribution >= 0.6 is 0 Å². The summed E-state index contributed by atoms with van der Waals surface area (Å²) in [4.78, 5) is 32.0. The molecule has 3 rings (SSSR count). The highest BCUT2D eigenvalue weighted by atomic mass is 16.2. The quantitative estimate of drug-likeness (QED) is 0.483. The van der Waals surface area contributed by atoms with Crippen molar-refractivity contribution in [1.82, 2.24) is 34.9 Å². The van der Waals surface area contributed by atoms with Crippen LogP contribution in [-0.4, -0.2) is 34.9 Å². The third kappa shape index (κ3) is 1.29. The monoisotopic (exact) mass is 233 g/mol. The second-order valence-electron chi connectivity index (χ2n) is 3.46. The van der Waals surface area contributed by atoms with E-state index in [0.717, 1.165) is 0 Å². The Kier molecular flexibility index (Phi) is 1.76. The third-order valence-electron chi connectivity index (χ3n) is 2.41. The molecule has 17 heavy (non-hydrogen) atoms. The summed E-state index contributed by atoms with van der Waals surface area (Å²) in [5, 5.41) is 9.91. The molecule has 3 heterocycles. The number of imidazole rings is 1. The highest BCUT2D eigenvalue weighted by molar-refractivity contribution is 5.74. The van der Waals surface area contributed by atoms with Gasteiger partial charge in [0, 0.05) is 7.05 Å². The van der Waals surface area contributed by atoms with E-state index in [-0.39, 0.29) is 11.2 Å². The molecule has 9 heteroatoms. The molecule has 86 valence electrons. The first-order chi connectivity index (χ1) is 8.16. The fourth-order valence-electron chi connectivity index (χ4n) is 1.54. The van der Waals surface area contributed by atoms with Gasteiger partial charge in [0.15, 0.2) is 11.5 Å². The van der Waals surface area contributed by atoms with Crippen molar-refractivity contribution in [2.45, 2.75) is 0 Å². The molecule has 0 aromatic carbocycles. The maximum atomic E-state index is 11.6. The lowest BCUT2D eigenvalue weighted by atomic mass is 10.5. The van der Waals surface area contributed by atoms with Crippen molar-refractivity contribution in [1.29, 1.82) is 0 Å². The molecule has 0 aliphatic heterocycles. The van der Waals surface area contributed by atoms with E-state index in [1.54, 1.807) is 0 Å². The van der Waals surface area contributed by atoms with Gasteiger partial charge in [-0.05, 0) is 0 Å². The molecule has 0 atom stereocenters. The van der Waals surface area contributed by atoms with Crippen LogP contribution in [0.3, 0.4) is 0 Å². The molecule has 3 N–H and O–H groups in total. The van der Waals surface area contributed by atoms with E-state index in [1.807, 2.05) is 0 Å². The molecule has 9 nitrogen and oxygen atoms in total. The van der Waals surface area contributed by atoms with Gasteiger partial charge in [-0.2, -0.15) is 15.4 Å². The Balaban J connectivity index is 2.41. The normalized spacial score (nSPS) is 11.1. The lowest BCUT2D eigenvalue weighted by Crippen LogP contribution is -2.28. The first-order valence-electron chi connectivity index (χ1n) is 4.72. The predicted octanol–water partition coefficient (Wildman–Crippen LogP) is -1.26. The van der Waals surface area contributed by atoms with Gasteiger partial charge in [0.1, 0.15) is 11.2 Å². The van der Waals surface area contributed by atoms with E-state index in [2.05, 4.69) is 30.4 Å². The minimum atomic E-state index is -0.513. The van der Waals surface area contributed by atoms with Gasteiger partial charge in [-0.3, -0.25) is 14.3 Å². The van der Waals surface area contributed by atoms with Crippen molar-refractivity contribution < 1.29 is 0 Å². The van der Waals surface area contributed by atoms with Crippen molar-refractivity contribution in [3.8, 4) is 11.5 Å². The predicted molar refractivity (Wildman–Crippen MR) is 57.3 cm³/mol. The smallest absolute Gasteiger partial charge is 0.329 e. The number of aromatic nitrogens is 7. The van der Waals surface area contributed by atoms with Crippen molar-refractivity contribution in [3.63, 3.8) is 0 Å². The number of hydrogen-bond donors (Lipinski definition) is 3. The number of aromatic amines is 3. The summed E-state index contributed by atoms with van der Waals surface area (Å²) in [6.45, 7) is 0. The minimum Gasteiger partial charge on any atom is -0.331 e. The lowest BCUT2D eigenvalue weighted by molar-refractivity contribution is 0.832. The molecule has 0 aliphatic carbocycles. The summed E-state index contributed by atoms with van der Waals surface area (Å²) in [6.07, 6.45) is 1.46. The van der Waals surface area contributed by atoms with E-state index in [1.165, 1.54) is 17.8 Å². The van der Waals surface area contributed by atoms with Crippen molar-refractivity contribution >= 4 is 11.2 Å². The summed E-state index contributed by atoms with van der Waals surface area (Å²) in [6, 6.07) is 0. The zero-order valence-corrected chi connectivity index (χ0v) is 8.68. The third-order valence-corrected chi connectivity index (χ3v) is 2.41. The Hall–Kier alpha value is -2.71. The molecule has 0 spiro atoms. The Labute approximate surface area is 92.5 Å². The van der Waals surface area contributed by atoms with Crippen LogP contribution in [0.15, 0.2) is 15.8 Å². The van der Waals surface area contributed by atoms with Crippen LogP contribution in [0, 0.1) is 0 Å². The van der Waals surface area contributed by atoms with Gasteiger partial charge in [0.25, 0.3) is 5.56 Å². The van der Waals surface area contributed by atoms with E-state index >= 15 is 0 Å². The van der Waals surface area contributed by atoms with Gasteiger partial charge in [-0.15, -0.1) is 0 Å². The van der Waals surface area contributed by atoms with Crippen LogP contribution in [0.1, 0.15) is 0 Å². The Bertz CT molecular complexity index is 791. The van der Waals surface area contributed by atoms with Crippen LogP contribution in [0.5, 0.6) is 0 Å². The number of nitrogens with one attached hydrogen (secondary N) is 3. The molecule has 0 amide bonds. The van der Waals surface area contributed by atoms with Crippen molar-refractivity contribution in [3.05, 3.63) is 27.0 Å². The fraction of sp³-hybridized carbons (Fsp3) is 0.125. The van der Waals surface area contributed by atoms with Crippen LogP contribution in [-0.2, 0) is 7.05 Å². The van der Waals surface area contributed by atoms with E-state index in [4.69, 9.17) is 0 Å². The fourth-order valence-corrected chi connectivity index (χ4v) is 1.54. The van der Waals surface area contributed by atoms with Gasteiger partial charge in [-0.25, -0.2) is 9.78 Å². The van der Waals surface area contributed by atoms with Crippen molar-refractivity contribution in [2.24, 2.45) is 7.05 Å². The van der Waals surface area contributed by atoms with Crippen LogP contribution in [0.2, 0.25) is 0 Å². The summed E-state index contributed by atoms with van der Waals surface area (Å²) in [5.74, 6) is 0.375. The molecule has 3 aromatic heterocycles. The molecule has 0 saturated carbocycles. The zero-order valence-electron chi connectivity index (χ0n) is 8.68. The van der Waals surface area contributed by atoms with Crippen LogP contribution < -0.4 is 11.2 Å². The van der Waals surface area contributed by atoms with Gasteiger partial charge < -0.3 is 4.98 Å². The first kappa shape index (κ1) is 9.51. The lowest BCUT2D eigenvalue weighted by Gasteiger charge is -1.94. The molecule has 0 fully saturated rings. The highest BCUT2D eigenvalue weighted by Gasteiger charge is 2.12. The average molecular weight is 233 g/mol. The summed E-state index contributed by atoms with van der Waals surface area (Å²) in [7, 11) is 1.52. The number of aryl methyl sites for hydroxylation is 1. The SMILES string of the molecule is Cn1c(=O)[nH]c(=O)c2[nH]c(-c3cn[nH]n3)nc21. The Morgan fingerprint density at radius 3 is 2.82 bits per heavy atom. The molecule has 0 aliphatic rings. The molecule has 0 bridgehead atoms. The maximum absolute atomic E-state index is 11.6. The summed E-state index contributed by atoms with van der Waals surface area (Å²) < 4.78 is 1.25. The molecular formula is C8H7N7O2. The molecule has 0 unspecified atom stereocenters. The number of H-pyrrole nitrogens is 3. The minimum absolute atomic E-state index is 0.227. The van der Waals surface area contributed by atoms with E-state index in [0.29, 0.717) is 11.5 Å². The number of hydrogen-bond acceptors (Lipinski definition) is 5. The van der Waals surface area contributed by atoms with E-state index < -0.39 is 11.2 Å². The average Bonchev–Trinajstić information content (AvgIpc) is 2.94. The molecule has 3 aromatic rings. The second-order valence-corrected chi connectivity index (χ2v) is 3.46. The van der Waals surface area contributed by atoms with Gasteiger partial charge in [0.05, 0.1) is 6.20 Å². The zero-order chi connectivity index (χ0) is 12.0. The summed E-state index contributed by atoms with van der Waals surface area (Å²) in [5.41, 5.74) is -0.0547. The topological polar surface area (TPSA) is 125 Å². The molecule has 0 radical (unpaired) electrons. The largest absolute Gasteiger partial charge is 0.331 e. The molecular weight excluding hydrogens is 226 g/mol. The summed E-state index contributed by atoms with van der Waals surface area (Å²) >= 11 is 0. The van der Waals surface area contributed by atoms with Crippen LogP contribution in [0.4, 0.5) is 0 Å². The maximum Gasteiger partial charge on any atom is 0.329 e. The van der Waals surface area contributed by atoms with E-state index in [9.17, 15) is 9.59 Å². The van der Waals surface area contributed by atoms with Gasteiger partial charge in [-0.1, -0.05) is 0 Å². The number of rotatable bonds is 1. The number of nitrogens with zero attached hydrogens (tertiary/aromatic N) is 4. The standard InChI is InChI=1S/C8H7N7O2/c1-15-6-4(7(16)12-8(15)17)10-5(11-6)3-2-9-14-13-3/h2H,1H3,(H,10,11)(H,9,13,14)(H,12,16,17). The van der Waals surface area contributed by atoms with Crippen molar-refractivity contribution in [2.75, 3.05) is 0 Å². The molecule has 0 saturated heterocycles. The van der Waals surface area contributed by atoms with Gasteiger partial charge in [0.2, 0.25) is 0 Å². The van der Waals surface area contributed by atoms with Gasteiger partial charge >= 0.3 is 5.69 Å². The number of fused-ring (bicyclic) bond motifs is 1.